The van der Waals surface area contributed by atoms with Gasteiger partial charge in [-0.25, -0.2) is 0 Å². The van der Waals surface area contributed by atoms with Crippen LogP contribution in [0.1, 0.15) is 13.8 Å². The summed E-state index contributed by atoms with van der Waals surface area (Å²) in [7, 11) is 0. The van der Waals surface area contributed by atoms with Crippen LogP contribution < -0.4 is 5.32 Å². The molecule has 82 valence electrons. The summed E-state index contributed by atoms with van der Waals surface area (Å²) in [4.78, 5) is 0. The first-order valence-electron chi connectivity index (χ1n) is 4.59. The quantitative estimate of drug-likeness (QED) is 0.787. The Bertz CT molecular complexity index is 250. The van der Waals surface area contributed by atoms with Crippen molar-refractivity contribution in [3.05, 3.63) is 12.4 Å². The molecule has 1 heterocycles. The molecule has 0 saturated carbocycles. The van der Waals surface area contributed by atoms with E-state index in [1.807, 2.05) is 6.20 Å². The maximum absolute atomic E-state index is 8.67. The molecule has 0 spiro atoms. The van der Waals surface area contributed by atoms with Gasteiger partial charge in [-0.05, 0) is 5.92 Å². The van der Waals surface area contributed by atoms with Gasteiger partial charge in [-0.1, -0.05) is 13.8 Å². The number of rotatable bonds is 5. The van der Waals surface area contributed by atoms with Gasteiger partial charge in [-0.15, -0.1) is 12.4 Å². The van der Waals surface area contributed by atoms with Gasteiger partial charge in [0.2, 0.25) is 0 Å². The fraction of sp³-hybridized carbons (Fsp3) is 0.667. The third-order valence-electron chi connectivity index (χ3n) is 1.68. The van der Waals surface area contributed by atoms with Crippen molar-refractivity contribution in [2.24, 2.45) is 5.92 Å². The molecule has 0 saturated heterocycles. The monoisotopic (exact) mass is 219 g/mol. The Kier molecular flexibility index (Phi) is 6.32. The first-order valence-corrected chi connectivity index (χ1v) is 4.59. The second-order valence-electron chi connectivity index (χ2n) is 3.49. The third kappa shape index (κ3) is 4.48. The molecule has 0 atom stereocenters. The SMILES string of the molecule is CC(C)CNc1cnn(CCO)c1.Cl. The van der Waals surface area contributed by atoms with Crippen molar-refractivity contribution in [1.29, 1.82) is 0 Å². The molecule has 0 unspecified atom stereocenters. The standard InChI is InChI=1S/C9H17N3O.ClH/c1-8(2)5-10-9-6-11-12(7-9)3-4-13;/h6-8,10,13H,3-5H2,1-2H3;1H. The summed E-state index contributed by atoms with van der Waals surface area (Å²) in [5.41, 5.74) is 1.02. The molecule has 1 aromatic rings. The molecule has 1 rings (SSSR count). The molecule has 0 fully saturated rings. The zero-order chi connectivity index (χ0) is 9.68. The average Bonchev–Trinajstić information content (AvgIpc) is 2.50. The fourth-order valence-electron chi connectivity index (χ4n) is 1.00. The number of hydrogen-bond acceptors (Lipinski definition) is 3. The predicted octanol–water partition coefficient (Wildman–Crippen LogP) is 1.37. The molecule has 0 aliphatic carbocycles. The van der Waals surface area contributed by atoms with E-state index in [1.54, 1.807) is 10.9 Å². The van der Waals surface area contributed by atoms with Gasteiger partial charge in [0, 0.05) is 12.7 Å². The summed E-state index contributed by atoms with van der Waals surface area (Å²) in [6.07, 6.45) is 3.68. The van der Waals surface area contributed by atoms with Crippen molar-refractivity contribution < 1.29 is 5.11 Å². The summed E-state index contributed by atoms with van der Waals surface area (Å²) in [6, 6.07) is 0. The maximum atomic E-state index is 8.67. The number of aliphatic hydroxyl groups is 1. The first-order chi connectivity index (χ1) is 6.22. The van der Waals surface area contributed by atoms with E-state index in [-0.39, 0.29) is 19.0 Å². The molecule has 0 radical (unpaired) electrons. The maximum Gasteiger partial charge on any atom is 0.0726 e. The van der Waals surface area contributed by atoms with E-state index in [4.69, 9.17) is 5.11 Å². The van der Waals surface area contributed by atoms with E-state index in [9.17, 15) is 0 Å². The highest BCUT2D eigenvalue weighted by atomic mass is 35.5. The number of hydrogen-bond donors (Lipinski definition) is 2. The molecule has 0 aromatic carbocycles. The zero-order valence-electron chi connectivity index (χ0n) is 8.60. The van der Waals surface area contributed by atoms with Crippen molar-refractivity contribution in [3.8, 4) is 0 Å². The first kappa shape index (κ1) is 13.3. The highest BCUT2D eigenvalue weighted by Gasteiger charge is 1.98. The smallest absolute Gasteiger partial charge is 0.0726 e. The molecule has 2 N–H and O–H groups in total. The normalized spacial score (nSPS) is 10.0. The topological polar surface area (TPSA) is 50.1 Å². The van der Waals surface area contributed by atoms with Gasteiger partial charge >= 0.3 is 0 Å². The second kappa shape index (κ2) is 6.68. The number of anilines is 1. The minimum atomic E-state index is 0. The second-order valence-corrected chi connectivity index (χ2v) is 3.49. The van der Waals surface area contributed by atoms with E-state index < -0.39 is 0 Å². The highest BCUT2D eigenvalue weighted by Crippen LogP contribution is 2.05. The number of aliphatic hydroxyl groups excluding tert-OH is 1. The van der Waals surface area contributed by atoms with Crippen LogP contribution in [0.3, 0.4) is 0 Å². The molecule has 1 aromatic heterocycles. The van der Waals surface area contributed by atoms with E-state index >= 15 is 0 Å². The summed E-state index contributed by atoms with van der Waals surface area (Å²) >= 11 is 0. The van der Waals surface area contributed by atoms with E-state index in [0.29, 0.717) is 12.5 Å². The van der Waals surface area contributed by atoms with Gasteiger partial charge in [-0.2, -0.15) is 5.10 Å². The Morgan fingerprint density at radius 2 is 2.29 bits per heavy atom. The van der Waals surface area contributed by atoms with Crippen molar-refractivity contribution in [2.75, 3.05) is 18.5 Å². The van der Waals surface area contributed by atoms with Gasteiger partial charge in [0.15, 0.2) is 0 Å². The highest BCUT2D eigenvalue weighted by molar-refractivity contribution is 5.85. The minimum absolute atomic E-state index is 0. The van der Waals surface area contributed by atoms with Gasteiger partial charge in [0.1, 0.15) is 0 Å². The van der Waals surface area contributed by atoms with E-state index in [2.05, 4.69) is 24.3 Å². The summed E-state index contributed by atoms with van der Waals surface area (Å²) in [5.74, 6) is 0.626. The Balaban J connectivity index is 0.00000169. The van der Waals surface area contributed by atoms with Crippen molar-refractivity contribution in [3.63, 3.8) is 0 Å². The Hall–Kier alpha value is -0.740. The van der Waals surface area contributed by atoms with Crippen LogP contribution in [0.15, 0.2) is 12.4 Å². The number of halogens is 1. The number of nitrogens with one attached hydrogen (secondary N) is 1. The minimum Gasteiger partial charge on any atom is -0.394 e. The van der Waals surface area contributed by atoms with Crippen LogP contribution in [0, 0.1) is 5.92 Å². The van der Waals surface area contributed by atoms with Crippen molar-refractivity contribution in [2.45, 2.75) is 20.4 Å². The molecule has 0 bridgehead atoms. The predicted molar refractivity (Wildman–Crippen MR) is 59.9 cm³/mol. The van der Waals surface area contributed by atoms with Crippen LogP contribution in [-0.4, -0.2) is 28.0 Å². The summed E-state index contributed by atoms with van der Waals surface area (Å²) < 4.78 is 1.72. The Labute approximate surface area is 90.7 Å². The molecule has 0 aliphatic rings. The van der Waals surface area contributed by atoms with Crippen LogP contribution in [0.2, 0.25) is 0 Å². The van der Waals surface area contributed by atoms with E-state index in [0.717, 1.165) is 12.2 Å². The lowest BCUT2D eigenvalue weighted by atomic mass is 10.2. The largest absolute Gasteiger partial charge is 0.394 e. The van der Waals surface area contributed by atoms with Crippen LogP contribution in [0.5, 0.6) is 0 Å². The lowest BCUT2D eigenvalue weighted by Gasteiger charge is -2.05. The van der Waals surface area contributed by atoms with Crippen LogP contribution in [0.4, 0.5) is 5.69 Å². The van der Waals surface area contributed by atoms with Gasteiger partial charge < -0.3 is 10.4 Å². The Morgan fingerprint density at radius 3 is 2.86 bits per heavy atom. The summed E-state index contributed by atoms with van der Waals surface area (Å²) in [5, 5.41) is 16.0. The molecule has 4 nitrogen and oxygen atoms in total. The van der Waals surface area contributed by atoms with Crippen molar-refractivity contribution >= 4 is 18.1 Å². The molecule has 5 heteroatoms. The van der Waals surface area contributed by atoms with Crippen molar-refractivity contribution in [1.82, 2.24) is 9.78 Å². The van der Waals surface area contributed by atoms with Crippen LogP contribution in [0.25, 0.3) is 0 Å². The average molecular weight is 220 g/mol. The molecule has 0 aliphatic heterocycles. The molecule has 14 heavy (non-hydrogen) atoms. The number of nitrogens with zero attached hydrogens (tertiary/aromatic N) is 2. The molecular formula is C9H18ClN3O. The van der Waals surface area contributed by atoms with Gasteiger partial charge in [-0.3, -0.25) is 4.68 Å². The lowest BCUT2D eigenvalue weighted by molar-refractivity contribution is 0.269. The van der Waals surface area contributed by atoms with Crippen LogP contribution >= 0.6 is 12.4 Å². The third-order valence-corrected chi connectivity index (χ3v) is 1.68. The van der Waals surface area contributed by atoms with E-state index in [1.165, 1.54) is 0 Å². The fourth-order valence-corrected chi connectivity index (χ4v) is 1.00. The molecule has 0 amide bonds. The van der Waals surface area contributed by atoms with Gasteiger partial charge in [0.25, 0.3) is 0 Å². The lowest BCUT2D eigenvalue weighted by Crippen LogP contribution is -2.07. The van der Waals surface area contributed by atoms with Crippen LogP contribution in [-0.2, 0) is 6.54 Å². The summed E-state index contributed by atoms with van der Waals surface area (Å²) in [6.45, 7) is 5.95. The number of aromatic nitrogens is 2. The molecular weight excluding hydrogens is 202 g/mol. The Morgan fingerprint density at radius 1 is 1.57 bits per heavy atom. The van der Waals surface area contributed by atoms with Gasteiger partial charge in [0.05, 0.1) is 25.0 Å². The zero-order valence-corrected chi connectivity index (χ0v) is 9.42.